The summed E-state index contributed by atoms with van der Waals surface area (Å²) >= 11 is 0. The average molecular weight is 262 g/mol. The lowest BCUT2D eigenvalue weighted by atomic mass is 10.1. The molecule has 0 aliphatic carbocycles. The van der Waals surface area contributed by atoms with Crippen LogP contribution >= 0.6 is 0 Å². The number of carbonyl (C=O) groups excluding carboxylic acids is 1. The van der Waals surface area contributed by atoms with E-state index in [2.05, 4.69) is 4.74 Å². The van der Waals surface area contributed by atoms with Gasteiger partial charge in [-0.3, -0.25) is 0 Å². The second kappa shape index (κ2) is 5.03. The predicted molar refractivity (Wildman–Crippen MR) is 66.8 cm³/mol. The van der Waals surface area contributed by atoms with Crippen molar-refractivity contribution >= 4 is 16.9 Å². The number of carbonyl (C=O) groups is 1. The fourth-order valence-corrected chi connectivity index (χ4v) is 2.09. The highest BCUT2D eigenvalue weighted by Gasteiger charge is 2.18. The molecule has 0 N–H and O–H groups in total. The van der Waals surface area contributed by atoms with Gasteiger partial charge in [0.15, 0.2) is 6.29 Å². The second-order valence-corrected chi connectivity index (χ2v) is 4.33. The topological polar surface area (TPSA) is 57.9 Å². The number of methoxy groups -OCH3 is 1. The number of benzene rings is 1. The molecule has 0 amide bonds. The minimum atomic E-state index is -0.483. The van der Waals surface area contributed by atoms with Gasteiger partial charge in [0.1, 0.15) is 5.58 Å². The summed E-state index contributed by atoms with van der Waals surface area (Å²) in [7, 11) is 1.32. The Bertz CT molecular complexity index is 595. The van der Waals surface area contributed by atoms with Gasteiger partial charge in [0, 0.05) is 10.9 Å². The van der Waals surface area contributed by atoms with Gasteiger partial charge in [-0.1, -0.05) is 6.07 Å². The first-order valence-corrected chi connectivity index (χ1v) is 6.13. The molecule has 5 heteroatoms. The third-order valence-corrected chi connectivity index (χ3v) is 3.03. The van der Waals surface area contributed by atoms with E-state index in [0.717, 1.165) is 17.4 Å². The van der Waals surface area contributed by atoms with Crippen LogP contribution < -0.4 is 0 Å². The Morgan fingerprint density at radius 3 is 2.79 bits per heavy atom. The maximum atomic E-state index is 11.4. The Balaban J connectivity index is 1.93. The minimum Gasteiger partial charge on any atom is -0.463 e. The van der Waals surface area contributed by atoms with Crippen molar-refractivity contribution in [2.45, 2.75) is 12.7 Å². The van der Waals surface area contributed by atoms with Gasteiger partial charge >= 0.3 is 5.97 Å². The Hall–Kier alpha value is -1.85. The predicted octanol–water partition coefficient (Wildman–Crippen LogP) is 2.65. The number of furan rings is 1. The number of ether oxygens (including phenoxy) is 3. The monoisotopic (exact) mass is 262 g/mol. The van der Waals surface area contributed by atoms with E-state index < -0.39 is 5.97 Å². The van der Waals surface area contributed by atoms with Gasteiger partial charge in [-0.25, -0.2) is 4.79 Å². The van der Waals surface area contributed by atoms with Gasteiger partial charge in [-0.15, -0.1) is 0 Å². The fourth-order valence-electron chi connectivity index (χ4n) is 2.09. The van der Waals surface area contributed by atoms with Crippen LogP contribution in [0.3, 0.4) is 0 Å². The van der Waals surface area contributed by atoms with Gasteiger partial charge in [0.05, 0.1) is 20.3 Å². The van der Waals surface area contributed by atoms with E-state index in [-0.39, 0.29) is 12.1 Å². The molecule has 1 saturated heterocycles. The lowest BCUT2D eigenvalue weighted by Gasteiger charge is -2.23. The summed E-state index contributed by atoms with van der Waals surface area (Å²) in [5, 5.41) is 0.829. The largest absolute Gasteiger partial charge is 0.463 e. The molecule has 2 heterocycles. The number of hydrogen-bond acceptors (Lipinski definition) is 5. The van der Waals surface area contributed by atoms with Gasteiger partial charge in [0.2, 0.25) is 5.76 Å². The Morgan fingerprint density at radius 1 is 1.26 bits per heavy atom. The van der Waals surface area contributed by atoms with E-state index in [1.165, 1.54) is 7.11 Å². The normalized spacial score (nSPS) is 16.7. The molecule has 0 saturated carbocycles. The molecular weight excluding hydrogens is 248 g/mol. The lowest BCUT2D eigenvalue weighted by molar-refractivity contribution is -0.182. The van der Waals surface area contributed by atoms with Crippen molar-refractivity contribution in [1.82, 2.24) is 0 Å². The van der Waals surface area contributed by atoms with Crippen LogP contribution in [0.15, 0.2) is 28.7 Å². The molecule has 1 aliphatic rings. The molecule has 2 aromatic rings. The Morgan fingerprint density at radius 2 is 2.05 bits per heavy atom. The molecular formula is C14H14O5. The maximum Gasteiger partial charge on any atom is 0.373 e. The summed E-state index contributed by atoms with van der Waals surface area (Å²) in [5.74, 6) is -0.289. The highest BCUT2D eigenvalue weighted by Crippen LogP contribution is 2.28. The van der Waals surface area contributed by atoms with E-state index in [1.54, 1.807) is 12.1 Å². The van der Waals surface area contributed by atoms with Crippen molar-refractivity contribution < 1.29 is 23.4 Å². The molecule has 1 aromatic heterocycles. The average Bonchev–Trinajstić information content (AvgIpc) is 2.90. The van der Waals surface area contributed by atoms with Crippen molar-refractivity contribution in [1.29, 1.82) is 0 Å². The Labute approximate surface area is 110 Å². The third kappa shape index (κ3) is 2.34. The molecule has 0 spiro atoms. The summed E-state index contributed by atoms with van der Waals surface area (Å²) in [5.41, 5.74) is 1.56. The van der Waals surface area contributed by atoms with Gasteiger partial charge in [-0.05, 0) is 24.6 Å². The molecule has 19 heavy (non-hydrogen) atoms. The van der Waals surface area contributed by atoms with E-state index in [1.807, 2.05) is 12.1 Å². The molecule has 0 radical (unpaired) electrons. The minimum absolute atomic E-state index is 0.195. The first-order valence-electron chi connectivity index (χ1n) is 6.13. The molecule has 1 fully saturated rings. The zero-order valence-electron chi connectivity index (χ0n) is 10.5. The number of fused-ring (bicyclic) bond motifs is 1. The van der Waals surface area contributed by atoms with Crippen LogP contribution in [-0.2, 0) is 14.2 Å². The fraction of sp³-hybridized carbons (Fsp3) is 0.357. The summed E-state index contributed by atoms with van der Waals surface area (Å²) < 4.78 is 21.1. The van der Waals surface area contributed by atoms with Gasteiger partial charge in [-0.2, -0.15) is 0 Å². The van der Waals surface area contributed by atoms with Crippen molar-refractivity contribution in [3.8, 4) is 0 Å². The van der Waals surface area contributed by atoms with Crippen molar-refractivity contribution in [2.24, 2.45) is 0 Å². The summed E-state index contributed by atoms with van der Waals surface area (Å²) in [6, 6.07) is 7.25. The standard InChI is InChI=1S/C14H14O5/c1-16-13(15)12-8-10-7-9(3-4-11(10)19-12)14-17-5-2-6-18-14/h3-4,7-8,14H,2,5-6H2,1H3. The highest BCUT2D eigenvalue weighted by molar-refractivity contribution is 5.92. The van der Waals surface area contributed by atoms with Crippen LogP contribution in [0.2, 0.25) is 0 Å². The van der Waals surface area contributed by atoms with Crippen molar-refractivity contribution in [3.63, 3.8) is 0 Å². The Kier molecular flexibility index (Phi) is 3.23. The van der Waals surface area contributed by atoms with Crippen LogP contribution in [0.4, 0.5) is 0 Å². The molecule has 1 aliphatic heterocycles. The lowest BCUT2D eigenvalue weighted by Crippen LogP contribution is -2.17. The zero-order valence-corrected chi connectivity index (χ0v) is 10.5. The molecule has 1 aromatic carbocycles. The number of esters is 1. The third-order valence-electron chi connectivity index (χ3n) is 3.03. The quantitative estimate of drug-likeness (QED) is 0.779. The number of hydrogen-bond donors (Lipinski definition) is 0. The van der Waals surface area contributed by atoms with E-state index in [0.29, 0.717) is 18.8 Å². The summed E-state index contributed by atoms with van der Waals surface area (Å²) in [6.45, 7) is 1.39. The molecule has 0 atom stereocenters. The number of rotatable bonds is 2. The maximum absolute atomic E-state index is 11.4. The summed E-state index contributed by atoms with van der Waals surface area (Å²) in [4.78, 5) is 11.4. The van der Waals surface area contributed by atoms with Crippen LogP contribution in [0.25, 0.3) is 11.0 Å². The van der Waals surface area contributed by atoms with E-state index in [4.69, 9.17) is 13.9 Å². The van der Waals surface area contributed by atoms with Crippen molar-refractivity contribution in [2.75, 3.05) is 20.3 Å². The van der Waals surface area contributed by atoms with E-state index in [9.17, 15) is 4.79 Å². The van der Waals surface area contributed by atoms with Crippen molar-refractivity contribution in [3.05, 3.63) is 35.6 Å². The SMILES string of the molecule is COC(=O)c1cc2cc(C3OCCCO3)ccc2o1. The van der Waals surface area contributed by atoms with Crippen LogP contribution in [0.1, 0.15) is 28.8 Å². The molecule has 100 valence electrons. The van der Waals surface area contributed by atoms with Gasteiger partial charge in [0.25, 0.3) is 0 Å². The highest BCUT2D eigenvalue weighted by atomic mass is 16.7. The van der Waals surface area contributed by atoms with Crippen LogP contribution in [0, 0.1) is 0 Å². The van der Waals surface area contributed by atoms with Gasteiger partial charge < -0.3 is 18.6 Å². The van der Waals surface area contributed by atoms with Crippen LogP contribution in [0.5, 0.6) is 0 Å². The van der Waals surface area contributed by atoms with E-state index >= 15 is 0 Å². The van der Waals surface area contributed by atoms with Crippen LogP contribution in [-0.4, -0.2) is 26.3 Å². The molecule has 5 nitrogen and oxygen atoms in total. The molecule has 0 bridgehead atoms. The zero-order chi connectivity index (χ0) is 13.2. The first kappa shape index (κ1) is 12.2. The first-order chi connectivity index (χ1) is 9.28. The molecule has 3 rings (SSSR count). The molecule has 0 unspecified atom stereocenters. The smallest absolute Gasteiger partial charge is 0.373 e. The second-order valence-electron chi connectivity index (χ2n) is 4.33. The summed E-state index contributed by atoms with van der Waals surface area (Å²) in [6.07, 6.45) is 0.575.